The van der Waals surface area contributed by atoms with Gasteiger partial charge in [0.1, 0.15) is 0 Å². The molecule has 2 nitrogen and oxygen atoms in total. The molecule has 8 heavy (non-hydrogen) atoms. The van der Waals surface area contributed by atoms with Crippen LogP contribution in [-0.4, -0.2) is 9.59 Å². The van der Waals surface area contributed by atoms with Crippen molar-refractivity contribution in [2.75, 3.05) is 0 Å². The van der Waals surface area contributed by atoms with E-state index in [2.05, 4.69) is 25.5 Å². The van der Waals surface area contributed by atoms with Crippen molar-refractivity contribution in [3.63, 3.8) is 0 Å². The van der Waals surface area contributed by atoms with Crippen molar-refractivity contribution >= 4 is 27.5 Å². The van der Waals surface area contributed by atoms with Crippen LogP contribution in [0.25, 0.3) is 0 Å². The lowest BCUT2D eigenvalue weighted by Crippen LogP contribution is -1.77. The summed E-state index contributed by atoms with van der Waals surface area (Å²) >= 11 is 4.73. The fourth-order valence-corrected chi connectivity index (χ4v) is 1.57. The van der Waals surface area contributed by atoms with Crippen LogP contribution in [0, 0.1) is 6.92 Å². The van der Waals surface area contributed by atoms with Gasteiger partial charge in [0.25, 0.3) is 0 Å². The molecule has 0 saturated heterocycles. The van der Waals surface area contributed by atoms with E-state index in [9.17, 15) is 0 Å². The first-order valence-corrected chi connectivity index (χ1v) is 4.08. The Kier molecular flexibility index (Phi) is 1.96. The van der Waals surface area contributed by atoms with Crippen molar-refractivity contribution in [1.29, 1.82) is 0 Å². The van der Waals surface area contributed by atoms with E-state index in [1.807, 2.05) is 6.92 Å². The first-order valence-electron chi connectivity index (χ1n) is 2.18. The van der Waals surface area contributed by atoms with Gasteiger partial charge in [-0.15, -0.1) is 5.10 Å². The second-order valence-corrected chi connectivity index (χ2v) is 2.93. The topological polar surface area (TPSA) is 25.8 Å². The van der Waals surface area contributed by atoms with Crippen molar-refractivity contribution in [3.8, 4) is 0 Å². The first-order chi connectivity index (χ1) is 3.84. The summed E-state index contributed by atoms with van der Waals surface area (Å²) in [6, 6.07) is 0. The minimum atomic E-state index is 0.815. The molecule has 0 spiro atoms. The second kappa shape index (κ2) is 2.55. The van der Waals surface area contributed by atoms with Gasteiger partial charge in [-0.1, -0.05) is 20.4 Å². The van der Waals surface area contributed by atoms with Crippen molar-refractivity contribution in [2.45, 2.75) is 12.3 Å². The number of nitrogens with zero attached hydrogens (tertiary/aromatic N) is 2. The van der Waals surface area contributed by atoms with Gasteiger partial charge in [0.15, 0.2) is 0 Å². The van der Waals surface area contributed by atoms with E-state index in [0.29, 0.717) is 0 Å². The Balaban J connectivity index is 2.92. The Morgan fingerprint density at radius 3 is 2.75 bits per heavy atom. The molecule has 0 aliphatic heterocycles. The van der Waals surface area contributed by atoms with E-state index in [4.69, 9.17) is 0 Å². The summed E-state index contributed by atoms with van der Waals surface area (Å²) in [5.74, 6) is 0. The van der Waals surface area contributed by atoms with Crippen molar-refractivity contribution in [1.82, 2.24) is 9.59 Å². The fraction of sp³-hybridized carbons (Fsp3) is 0.500. The third-order valence-electron chi connectivity index (χ3n) is 0.872. The van der Waals surface area contributed by atoms with Crippen LogP contribution in [0.5, 0.6) is 0 Å². The molecule has 0 aliphatic carbocycles. The molecule has 44 valence electrons. The van der Waals surface area contributed by atoms with Crippen molar-refractivity contribution in [2.24, 2.45) is 0 Å². The molecule has 0 radical (unpaired) electrons. The lowest BCUT2D eigenvalue weighted by Gasteiger charge is -1.81. The molecule has 1 aromatic heterocycles. The monoisotopic (exact) mass is 192 g/mol. The summed E-state index contributed by atoms with van der Waals surface area (Å²) in [5, 5.41) is 4.67. The zero-order valence-corrected chi connectivity index (χ0v) is 6.79. The van der Waals surface area contributed by atoms with Gasteiger partial charge in [-0.2, -0.15) is 0 Å². The molecule has 1 rings (SSSR count). The molecule has 0 aromatic carbocycles. The lowest BCUT2D eigenvalue weighted by molar-refractivity contribution is 1.07. The molecule has 0 unspecified atom stereocenters. The van der Waals surface area contributed by atoms with Crippen molar-refractivity contribution < 1.29 is 0 Å². The summed E-state index contributed by atoms with van der Waals surface area (Å²) in [6.07, 6.45) is 0. The number of alkyl halides is 1. The molecule has 0 N–H and O–H groups in total. The Morgan fingerprint density at radius 2 is 2.50 bits per heavy atom. The van der Waals surface area contributed by atoms with Gasteiger partial charge in [0.2, 0.25) is 0 Å². The summed E-state index contributed by atoms with van der Waals surface area (Å²) in [5.41, 5.74) is 1.05. The molecule has 0 amide bonds. The first kappa shape index (κ1) is 6.16. The highest BCUT2D eigenvalue weighted by atomic mass is 79.9. The maximum absolute atomic E-state index is 3.86. The third-order valence-corrected chi connectivity index (χ3v) is 2.08. The number of hydrogen-bond donors (Lipinski definition) is 0. The Morgan fingerprint density at radius 1 is 1.75 bits per heavy atom. The van der Waals surface area contributed by atoms with E-state index in [0.717, 1.165) is 11.0 Å². The van der Waals surface area contributed by atoms with E-state index >= 15 is 0 Å². The van der Waals surface area contributed by atoms with Gasteiger partial charge in [-0.05, 0) is 18.5 Å². The van der Waals surface area contributed by atoms with Crippen molar-refractivity contribution in [3.05, 3.63) is 10.6 Å². The Labute approximate surface area is 60.2 Å². The number of rotatable bonds is 1. The quantitative estimate of drug-likeness (QED) is 0.635. The number of aromatic nitrogens is 2. The number of halogens is 1. The summed E-state index contributed by atoms with van der Waals surface area (Å²) in [6.45, 7) is 2.02. The van der Waals surface area contributed by atoms with Crippen LogP contribution in [0.15, 0.2) is 0 Å². The summed E-state index contributed by atoms with van der Waals surface area (Å²) < 4.78 is 3.75. The SMILES string of the molecule is Cc1snnc1CBr. The van der Waals surface area contributed by atoms with Gasteiger partial charge < -0.3 is 0 Å². The van der Waals surface area contributed by atoms with Gasteiger partial charge in [-0.25, -0.2) is 0 Å². The van der Waals surface area contributed by atoms with Gasteiger partial charge in [0.05, 0.1) is 5.69 Å². The van der Waals surface area contributed by atoms with Gasteiger partial charge >= 0.3 is 0 Å². The smallest absolute Gasteiger partial charge is 0.0889 e. The Bertz CT molecular complexity index is 174. The number of aryl methyl sites for hydroxylation is 1. The highest BCUT2D eigenvalue weighted by molar-refractivity contribution is 9.08. The average molecular weight is 193 g/mol. The highest BCUT2D eigenvalue weighted by Gasteiger charge is 1.97. The molecule has 0 atom stereocenters. The Hall–Kier alpha value is 0.0400. The normalized spacial score (nSPS) is 9.75. The van der Waals surface area contributed by atoms with Crippen LogP contribution in [0.3, 0.4) is 0 Å². The third kappa shape index (κ3) is 1.06. The average Bonchev–Trinajstić information content (AvgIpc) is 2.14. The molecule has 0 saturated carbocycles. The molecule has 0 bridgehead atoms. The van der Waals surface area contributed by atoms with Crippen LogP contribution in [0.4, 0.5) is 0 Å². The van der Waals surface area contributed by atoms with Gasteiger partial charge in [0, 0.05) is 10.2 Å². The highest BCUT2D eigenvalue weighted by Crippen LogP contribution is 2.10. The van der Waals surface area contributed by atoms with E-state index in [1.165, 1.54) is 16.4 Å². The largest absolute Gasteiger partial charge is 0.142 e. The van der Waals surface area contributed by atoms with Crippen LogP contribution < -0.4 is 0 Å². The summed E-state index contributed by atoms with van der Waals surface area (Å²) in [4.78, 5) is 1.20. The molecule has 1 heterocycles. The van der Waals surface area contributed by atoms with E-state index < -0.39 is 0 Å². The second-order valence-electron chi connectivity index (χ2n) is 1.41. The lowest BCUT2D eigenvalue weighted by atomic mass is 10.4. The predicted molar refractivity (Wildman–Crippen MR) is 37.3 cm³/mol. The zero-order chi connectivity index (χ0) is 5.98. The number of hydrogen-bond acceptors (Lipinski definition) is 3. The van der Waals surface area contributed by atoms with Crippen LogP contribution in [0.2, 0.25) is 0 Å². The zero-order valence-electron chi connectivity index (χ0n) is 4.39. The minimum absolute atomic E-state index is 0.815. The predicted octanol–water partition coefficient (Wildman–Crippen LogP) is 1.74. The van der Waals surface area contributed by atoms with Gasteiger partial charge in [-0.3, -0.25) is 0 Å². The van der Waals surface area contributed by atoms with Crippen LogP contribution in [-0.2, 0) is 5.33 Å². The maximum Gasteiger partial charge on any atom is 0.0889 e. The molecular formula is C4H5BrN2S. The minimum Gasteiger partial charge on any atom is -0.142 e. The van der Waals surface area contributed by atoms with Crippen LogP contribution in [0.1, 0.15) is 10.6 Å². The van der Waals surface area contributed by atoms with E-state index in [1.54, 1.807) is 0 Å². The van der Waals surface area contributed by atoms with E-state index in [-0.39, 0.29) is 0 Å². The fourth-order valence-electron chi connectivity index (χ4n) is 0.375. The molecule has 1 aromatic rings. The molecule has 0 fully saturated rings. The molecular weight excluding hydrogens is 188 g/mol. The van der Waals surface area contributed by atoms with Crippen LogP contribution >= 0.6 is 27.5 Å². The summed E-state index contributed by atoms with van der Waals surface area (Å²) in [7, 11) is 0. The molecule has 4 heteroatoms. The molecule has 0 aliphatic rings. The standard InChI is InChI=1S/C4H5BrN2S/c1-3-4(2-5)6-7-8-3/h2H2,1H3. The maximum atomic E-state index is 3.86.